The van der Waals surface area contributed by atoms with Crippen molar-refractivity contribution in [3.63, 3.8) is 0 Å². The number of benzene rings is 1. The van der Waals surface area contributed by atoms with Crippen LogP contribution in [0.3, 0.4) is 0 Å². The highest BCUT2D eigenvalue weighted by molar-refractivity contribution is 8.23. The van der Waals surface area contributed by atoms with Gasteiger partial charge in [0.25, 0.3) is 5.56 Å². The van der Waals surface area contributed by atoms with Gasteiger partial charge in [-0.15, -0.1) is 0 Å². The van der Waals surface area contributed by atoms with Crippen LogP contribution in [0.4, 0.5) is 0 Å². The third-order valence-electron chi connectivity index (χ3n) is 5.76. The Morgan fingerprint density at radius 3 is 2.90 bits per heavy atom. The van der Waals surface area contributed by atoms with Crippen molar-refractivity contribution >= 4 is 34.1 Å². The molecular formula is C21H20N2O4S2. The van der Waals surface area contributed by atoms with Gasteiger partial charge in [-0.2, -0.15) is 0 Å². The number of ether oxygens (including phenoxy) is 2. The fraction of sp³-hybridized carbons (Fsp3) is 0.381. The molecule has 1 aromatic carbocycles. The molecule has 0 spiro atoms. The Bertz CT molecular complexity index is 1050. The van der Waals surface area contributed by atoms with E-state index in [2.05, 4.69) is 4.90 Å². The van der Waals surface area contributed by atoms with Crippen LogP contribution in [0.2, 0.25) is 0 Å². The van der Waals surface area contributed by atoms with Crippen LogP contribution < -0.4 is 15.0 Å². The summed E-state index contributed by atoms with van der Waals surface area (Å²) in [5, 5.41) is 0. The topological polar surface area (TPSA) is 60.8 Å². The van der Waals surface area contributed by atoms with E-state index in [4.69, 9.17) is 21.7 Å². The number of ketones is 1. The van der Waals surface area contributed by atoms with E-state index in [0.717, 1.165) is 36.1 Å². The van der Waals surface area contributed by atoms with Gasteiger partial charge >= 0.3 is 0 Å². The minimum Gasteiger partial charge on any atom is -0.454 e. The number of carbonyl (C=O) groups is 1. The Kier molecular flexibility index (Phi) is 4.83. The van der Waals surface area contributed by atoms with E-state index in [1.807, 2.05) is 16.7 Å². The zero-order chi connectivity index (χ0) is 20.0. The zero-order valence-corrected chi connectivity index (χ0v) is 17.3. The molecule has 1 aromatic heterocycles. The lowest BCUT2D eigenvalue weighted by atomic mass is 9.83. The van der Waals surface area contributed by atoms with E-state index < -0.39 is 0 Å². The van der Waals surface area contributed by atoms with Crippen molar-refractivity contribution in [2.45, 2.75) is 18.9 Å². The number of thiocarbonyl (C=S) groups is 1. The van der Waals surface area contributed by atoms with Gasteiger partial charge in [-0.1, -0.05) is 30.0 Å². The second kappa shape index (κ2) is 7.50. The Morgan fingerprint density at radius 2 is 2.00 bits per heavy atom. The Hall–Kier alpha value is -2.32. The summed E-state index contributed by atoms with van der Waals surface area (Å²) in [6.07, 6.45) is 1.09. The van der Waals surface area contributed by atoms with E-state index in [1.54, 1.807) is 24.3 Å². The zero-order valence-electron chi connectivity index (χ0n) is 15.7. The average molecular weight is 429 g/mol. The Morgan fingerprint density at radius 1 is 1.14 bits per heavy atom. The van der Waals surface area contributed by atoms with Crippen molar-refractivity contribution in [1.29, 1.82) is 0 Å². The van der Waals surface area contributed by atoms with Crippen molar-refractivity contribution in [2.75, 3.05) is 25.6 Å². The van der Waals surface area contributed by atoms with Crippen LogP contribution in [0.15, 0.2) is 41.2 Å². The molecule has 8 heteroatoms. The summed E-state index contributed by atoms with van der Waals surface area (Å²) in [7, 11) is 0. The molecule has 2 atom stereocenters. The molecule has 3 aliphatic heterocycles. The molecular weight excluding hydrogens is 408 g/mol. The molecule has 0 amide bonds. The number of Topliss-reactive ketones (excluding diaryl/α,β-unsaturated/α-hetero) is 1. The normalized spacial score (nSPS) is 21.6. The molecule has 3 aliphatic rings. The summed E-state index contributed by atoms with van der Waals surface area (Å²) in [4.78, 5) is 27.0. The Balaban J connectivity index is 1.23. The van der Waals surface area contributed by atoms with E-state index in [0.29, 0.717) is 34.7 Å². The van der Waals surface area contributed by atoms with E-state index >= 15 is 0 Å². The number of piperidine rings is 1. The second-order valence-electron chi connectivity index (χ2n) is 7.65. The molecule has 2 aromatic rings. The maximum Gasteiger partial charge on any atom is 0.250 e. The standard InChI is InChI=1S/C21H20N2O4S2/c24-17(14-4-5-18-19(7-14)27-12-26-18)11-29-21(28)22-8-13-6-15(10-22)16-2-1-3-20(25)23(16)9-13/h1-5,7,13,15H,6,8-12H2. The minimum atomic E-state index is 0.0183. The predicted octanol–water partition coefficient (Wildman–Crippen LogP) is 2.90. The average Bonchev–Trinajstić information content (AvgIpc) is 3.20. The van der Waals surface area contributed by atoms with Crippen LogP contribution in [-0.2, 0) is 6.54 Å². The quantitative estimate of drug-likeness (QED) is 0.550. The molecule has 2 unspecified atom stereocenters. The number of thioether (sulfide) groups is 1. The lowest BCUT2D eigenvalue weighted by Gasteiger charge is -2.43. The predicted molar refractivity (Wildman–Crippen MR) is 115 cm³/mol. The molecule has 0 saturated carbocycles. The number of nitrogens with zero attached hydrogens (tertiary/aromatic N) is 2. The van der Waals surface area contributed by atoms with E-state index in [9.17, 15) is 9.59 Å². The molecule has 0 radical (unpaired) electrons. The molecule has 6 nitrogen and oxygen atoms in total. The molecule has 4 heterocycles. The number of hydrogen-bond donors (Lipinski definition) is 0. The first kappa shape index (κ1) is 18.7. The van der Waals surface area contributed by atoms with Crippen molar-refractivity contribution < 1.29 is 14.3 Å². The summed E-state index contributed by atoms with van der Waals surface area (Å²) in [6.45, 7) is 2.56. The minimum absolute atomic E-state index is 0.0183. The van der Waals surface area contributed by atoms with Crippen LogP contribution in [0.1, 0.15) is 28.4 Å². The van der Waals surface area contributed by atoms with Gasteiger partial charge in [-0.25, -0.2) is 0 Å². The van der Waals surface area contributed by atoms with Gasteiger partial charge in [0.15, 0.2) is 17.3 Å². The van der Waals surface area contributed by atoms with Gasteiger partial charge in [-0.05, 0) is 36.6 Å². The molecule has 1 saturated heterocycles. The van der Waals surface area contributed by atoms with Crippen LogP contribution in [0.5, 0.6) is 11.5 Å². The number of rotatable bonds is 3. The number of fused-ring (bicyclic) bond motifs is 5. The van der Waals surface area contributed by atoms with Crippen LogP contribution in [0, 0.1) is 5.92 Å². The summed E-state index contributed by atoms with van der Waals surface area (Å²) in [5.41, 5.74) is 1.79. The molecule has 150 valence electrons. The molecule has 0 N–H and O–H groups in total. The van der Waals surface area contributed by atoms with Gasteiger partial charge < -0.3 is 18.9 Å². The SMILES string of the molecule is O=C(CSC(=S)N1CC2CC(C1)c1cccc(=O)n1C2)c1ccc2c(c1)OCO2. The van der Waals surface area contributed by atoms with Gasteiger partial charge in [0.05, 0.1) is 5.75 Å². The van der Waals surface area contributed by atoms with E-state index in [1.165, 1.54) is 11.8 Å². The third-order valence-corrected chi connectivity index (χ3v) is 7.28. The highest BCUT2D eigenvalue weighted by Gasteiger charge is 2.35. The summed E-state index contributed by atoms with van der Waals surface area (Å²) in [6, 6.07) is 10.8. The fourth-order valence-corrected chi connectivity index (χ4v) is 5.50. The molecule has 1 fully saturated rings. The van der Waals surface area contributed by atoms with E-state index in [-0.39, 0.29) is 18.1 Å². The van der Waals surface area contributed by atoms with Crippen molar-refractivity contribution in [3.8, 4) is 11.5 Å². The summed E-state index contributed by atoms with van der Waals surface area (Å²) in [5.74, 6) is 2.30. The monoisotopic (exact) mass is 428 g/mol. The lowest BCUT2D eigenvalue weighted by Crippen LogP contribution is -2.48. The van der Waals surface area contributed by atoms with Gasteiger partial charge in [-0.3, -0.25) is 9.59 Å². The van der Waals surface area contributed by atoms with Crippen LogP contribution in [0.25, 0.3) is 0 Å². The number of aromatic nitrogens is 1. The van der Waals surface area contributed by atoms with Crippen molar-refractivity contribution in [1.82, 2.24) is 9.47 Å². The number of pyridine rings is 1. The highest BCUT2D eigenvalue weighted by Crippen LogP contribution is 2.36. The summed E-state index contributed by atoms with van der Waals surface area (Å²) >= 11 is 7.06. The van der Waals surface area contributed by atoms with Crippen molar-refractivity contribution in [3.05, 3.63) is 58.0 Å². The number of hydrogen-bond acceptors (Lipinski definition) is 6. The largest absolute Gasteiger partial charge is 0.454 e. The van der Waals surface area contributed by atoms with Crippen LogP contribution in [-0.4, -0.2) is 45.2 Å². The number of carbonyl (C=O) groups excluding carboxylic acids is 1. The Labute approximate surface area is 177 Å². The highest BCUT2D eigenvalue weighted by atomic mass is 32.2. The molecule has 29 heavy (non-hydrogen) atoms. The third kappa shape index (κ3) is 3.55. The summed E-state index contributed by atoms with van der Waals surface area (Å²) < 4.78 is 13.3. The maximum atomic E-state index is 12.6. The van der Waals surface area contributed by atoms with Crippen LogP contribution >= 0.6 is 24.0 Å². The fourth-order valence-electron chi connectivity index (χ4n) is 4.42. The van der Waals surface area contributed by atoms with Crippen molar-refractivity contribution in [2.24, 2.45) is 5.92 Å². The maximum absolute atomic E-state index is 12.6. The van der Waals surface area contributed by atoms with Gasteiger partial charge in [0.2, 0.25) is 6.79 Å². The first-order chi connectivity index (χ1) is 14.1. The molecule has 2 bridgehead atoms. The smallest absolute Gasteiger partial charge is 0.250 e. The molecule has 5 rings (SSSR count). The first-order valence-electron chi connectivity index (χ1n) is 9.63. The number of likely N-dealkylation sites (tertiary alicyclic amines) is 1. The first-order valence-corrected chi connectivity index (χ1v) is 11.0. The second-order valence-corrected chi connectivity index (χ2v) is 9.26. The van der Waals surface area contributed by atoms with Gasteiger partial charge in [0, 0.05) is 42.9 Å². The lowest BCUT2D eigenvalue weighted by molar-refractivity contribution is 0.102. The van der Waals surface area contributed by atoms with Gasteiger partial charge in [0.1, 0.15) is 4.32 Å². The molecule has 0 aliphatic carbocycles.